The molecule has 0 saturated carbocycles. The van der Waals surface area contributed by atoms with Crippen LogP contribution in [0.2, 0.25) is 4.34 Å². The molecule has 1 aliphatic rings. The largest absolute Gasteiger partial charge is 0.478 e. The summed E-state index contributed by atoms with van der Waals surface area (Å²) in [5.41, 5.74) is 1.42. The Balaban J connectivity index is 1.46. The van der Waals surface area contributed by atoms with Gasteiger partial charge in [-0.1, -0.05) is 22.8 Å². The second-order valence-corrected chi connectivity index (χ2v) is 10.9. The molecular formula is C25H26ClN5O4S. The van der Waals surface area contributed by atoms with Crippen LogP contribution < -0.4 is 5.32 Å². The molecule has 1 aliphatic heterocycles. The van der Waals surface area contributed by atoms with Gasteiger partial charge in [0.2, 0.25) is 0 Å². The predicted octanol–water partition coefficient (Wildman–Crippen LogP) is 4.76. The number of fused-ring (bicyclic) bond motifs is 1. The van der Waals surface area contributed by atoms with Gasteiger partial charge in [-0.15, -0.1) is 11.3 Å². The Morgan fingerprint density at radius 1 is 1.25 bits per heavy atom. The van der Waals surface area contributed by atoms with E-state index >= 15 is 0 Å². The quantitative estimate of drug-likeness (QED) is 0.356. The number of benzene rings is 1. The third-order valence-corrected chi connectivity index (χ3v) is 7.75. The van der Waals surface area contributed by atoms with Crippen molar-refractivity contribution in [2.24, 2.45) is 0 Å². The molecule has 4 heterocycles. The number of aromatic nitrogens is 3. The minimum absolute atomic E-state index is 0.0296. The molecule has 36 heavy (non-hydrogen) atoms. The highest BCUT2D eigenvalue weighted by Gasteiger charge is 2.27. The molecule has 3 aromatic heterocycles. The van der Waals surface area contributed by atoms with Crippen LogP contribution in [0.1, 0.15) is 53.4 Å². The van der Waals surface area contributed by atoms with Crippen LogP contribution in [0, 0.1) is 0 Å². The number of halogens is 1. The lowest BCUT2D eigenvalue weighted by Gasteiger charge is -2.34. The van der Waals surface area contributed by atoms with Crippen LogP contribution in [-0.4, -0.2) is 61.8 Å². The van der Waals surface area contributed by atoms with Crippen molar-refractivity contribution >= 4 is 45.8 Å². The van der Waals surface area contributed by atoms with Crippen LogP contribution in [0.4, 0.5) is 0 Å². The van der Waals surface area contributed by atoms with Gasteiger partial charge in [-0.05, 0) is 51.0 Å². The third kappa shape index (κ3) is 4.88. The summed E-state index contributed by atoms with van der Waals surface area (Å²) in [6, 6.07) is 10.8. The maximum atomic E-state index is 13.4. The first-order chi connectivity index (χ1) is 17.3. The lowest BCUT2D eigenvalue weighted by molar-refractivity contribution is 0.0698. The minimum Gasteiger partial charge on any atom is -0.478 e. The van der Waals surface area contributed by atoms with E-state index in [1.54, 1.807) is 28.8 Å². The molecule has 0 radical (unpaired) electrons. The molecule has 1 fully saturated rings. The van der Waals surface area contributed by atoms with Crippen LogP contribution in [0.5, 0.6) is 0 Å². The van der Waals surface area contributed by atoms with Gasteiger partial charge in [0.25, 0.3) is 5.91 Å². The minimum atomic E-state index is -1.10. The molecule has 0 aliphatic carbocycles. The van der Waals surface area contributed by atoms with Crippen molar-refractivity contribution < 1.29 is 19.2 Å². The Labute approximate surface area is 216 Å². The van der Waals surface area contributed by atoms with E-state index in [0.717, 1.165) is 30.8 Å². The van der Waals surface area contributed by atoms with Gasteiger partial charge in [-0.2, -0.15) is 0 Å². The summed E-state index contributed by atoms with van der Waals surface area (Å²) in [5.74, 6) is -0.718. The maximum Gasteiger partial charge on any atom is 0.337 e. The number of carbonyl (C=O) groups is 2. The smallest absolute Gasteiger partial charge is 0.337 e. The Morgan fingerprint density at radius 2 is 2.03 bits per heavy atom. The Kier molecular flexibility index (Phi) is 6.83. The van der Waals surface area contributed by atoms with Gasteiger partial charge < -0.3 is 24.4 Å². The zero-order chi connectivity index (χ0) is 25.4. The van der Waals surface area contributed by atoms with E-state index in [2.05, 4.69) is 34.2 Å². The monoisotopic (exact) mass is 527 g/mol. The normalized spacial score (nSPS) is 15.1. The standard InChI is InChI=1S/C25H26ClN5O4S/c1-14(2)30-10-8-15(9-11-30)27-24(32)23-28-22-17(25(33)34)4-3-5-18(22)31(23)13-16-12-19(35-29-16)20-6-7-21(26)36-20/h3-7,12,14-15H,8-11,13H2,1-2H3,(H,27,32)(H,33,34). The Hall–Kier alpha value is -3.21. The number of rotatable bonds is 7. The van der Waals surface area contributed by atoms with Gasteiger partial charge in [0, 0.05) is 31.2 Å². The number of thiophene rings is 1. The summed E-state index contributed by atoms with van der Waals surface area (Å²) < 4.78 is 7.85. The Bertz CT molecular complexity index is 1420. The number of carboxylic acids is 1. The van der Waals surface area contributed by atoms with E-state index in [-0.39, 0.29) is 35.4 Å². The molecule has 9 nitrogen and oxygen atoms in total. The summed E-state index contributed by atoms with van der Waals surface area (Å²) in [6.07, 6.45) is 1.70. The molecule has 0 spiro atoms. The van der Waals surface area contributed by atoms with Crippen molar-refractivity contribution in [2.75, 3.05) is 13.1 Å². The highest BCUT2D eigenvalue weighted by molar-refractivity contribution is 7.19. The van der Waals surface area contributed by atoms with Crippen LogP contribution >= 0.6 is 22.9 Å². The van der Waals surface area contributed by atoms with E-state index in [1.165, 1.54) is 17.4 Å². The Morgan fingerprint density at radius 3 is 2.69 bits per heavy atom. The van der Waals surface area contributed by atoms with E-state index in [4.69, 9.17) is 16.1 Å². The van der Waals surface area contributed by atoms with Crippen LogP contribution in [0.15, 0.2) is 40.9 Å². The molecule has 1 aromatic carbocycles. The van der Waals surface area contributed by atoms with Crippen molar-refractivity contribution in [2.45, 2.75) is 45.3 Å². The summed E-state index contributed by atoms with van der Waals surface area (Å²) >= 11 is 7.42. The number of hydrogen-bond donors (Lipinski definition) is 2. The number of nitrogens with zero attached hydrogens (tertiary/aromatic N) is 4. The first-order valence-corrected chi connectivity index (χ1v) is 13.0. The van der Waals surface area contributed by atoms with Crippen molar-refractivity contribution in [1.82, 2.24) is 24.9 Å². The second-order valence-electron chi connectivity index (χ2n) is 9.16. The summed E-state index contributed by atoms with van der Waals surface area (Å²) in [7, 11) is 0. The third-order valence-electron chi connectivity index (χ3n) is 6.50. The number of amides is 1. The highest BCUT2D eigenvalue weighted by atomic mass is 35.5. The topological polar surface area (TPSA) is 113 Å². The number of carboxylic acid groups (broad SMARTS) is 1. The lowest BCUT2D eigenvalue weighted by Crippen LogP contribution is -2.47. The first-order valence-electron chi connectivity index (χ1n) is 11.8. The van der Waals surface area contributed by atoms with Gasteiger partial charge in [-0.25, -0.2) is 9.78 Å². The molecular weight excluding hydrogens is 502 g/mol. The van der Waals surface area contributed by atoms with E-state index in [0.29, 0.717) is 27.3 Å². The number of piperidine rings is 1. The fourth-order valence-corrected chi connectivity index (χ4v) is 5.57. The molecule has 2 N–H and O–H groups in total. The average molecular weight is 528 g/mol. The molecule has 0 bridgehead atoms. The van der Waals surface area contributed by atoms with Crippen molar-refractivity contribution in [3.8, 4) is 10.6 Å². The van der Waals surface area contributed by atoms with E-state index in [1.807, 2.05) is 6.07 Å². The molecule has 1 amide bonds. The van der Waals surface area contributed by atoms with Gasteiger partial charge >= 0.3 is 5.97 Å². The molecule has 0 atom stereocenters. The van der Waals surface area contributed by atoms with Crippen molar-refractivity contribution in [3.05, 3.63) is 57.8 Å². The van der Waals surface area contributed by atoms with Gasteiger partial charge in [-0.3, -0.25) is 4.79 Å². The number of imidazole rings is 1. The summed E-state index contributed by atoms with van der Waals surface area (Å²) in [5, 5.41) is 17.0. The van der Waals surface area contributed by atoms with Crippen molar-refractivity contribution in [1.29, 1.82) is 0 Å². The van der Waals surface area contributed by atoms with Crippen molar-refractivity contribution in [3.63, 3.8) is 0 Å². The second kappa shape index (κ2) is 10.0. The first kappa shape index (κ1) is 24.5. The SMILES string of the molecule is CC(C)N1CCC(NC(=O)c2nc3c(C(=O)O)cccc3n2Cc2cc(-c3ccc(Cl)s3)on2)CC1. The summed E-state index contributed by atoms with van der Waals surface area (Å²) in [4.78, 5) is 33.0. The predicted molar refractivity (Wildman–Crippen MR) is 138 cm³/mol. The van der Waals surface area contributed by atoms with E-state index < -0.39 is 5.97 Å². The lowest BCUT2D eigenvalue weighted by atomic mass is 10.0. The van der Waals surface area contributed by atoms with E-state index in [9.17, 15) is 14.7 Å². The maximum absolute atomic E-state index is 13.4. The fraction of sp³-hybridized carbons (Fsp3) is 0.360. The number of aromatic carboxylic acids is 1. The zero-order valence-corrected chi connectivity index (χ0v) is 21.5. The van der Waals surface area contributed by atoms with Crippen LogP contribution in [0.3, 0.4) is 0 Å². The molecule has 188 valence electrons. The number of nitrogens with one attached hydrogen (secondary N) is 1. The molecule has 5 rings (SSSR count). The average Bonchev–Trinajstić information content (AvgIpc) is 3.58. The van der Waals surface area contributed by atoms with Gasteiger partial charge in [0.05, 0.1) is 26.8 Å². The van der Waals surface area contributed by atoms with Gasteiger partial charge in [0.15, 0.2) is 11.6 Å². The summed E-state index contributed by atoms with van der Waals surface area (Å²) in [6.45, 7) is 6.36. The fourth-order valence-electron chi connectivity index (χ4n) is 4.57. The van der Waals surface area contributed by atoms with Crippen LogP contribution in [-0.2, 0) is 6.54 Å². The molecule has 4 aromatic rings. The zero-order valence-electron chi connectivity index (χ0n) is 19.9. The molecule has 11 heteroatoms. The van der Waals surface area contributed by atoms with Crippen LogP contribution in [0.25, 0.3) is 21.7 Å². The highest BCUT2D eigenvalue weighted by Crippen LogP contribution is 2.32. The number of hydrogen-bond acceptors (Lipinski definition) is 7. The number of likely N-dealkylation sites (tertiary alicyclic amines) is 1. The number of para-hydroxylation sites is 1. The molecule has 0 unspecified atom stereocenters. The van der Waals surface area contributed by atoms with Gasteiger partial charge in [0.1, 0.15) is 11.2 Å². The molecule has 1 saturated heterocycles. The number of carbonyl (C=O) groups excluding carboxylic acids is 1.